The van der Waals surface area contributed by atoms with E-state index in [0.29, 0.717) is 6.04 Å². The summed E-state index contributed by atoms with van der Waals surface area (Å²) in [7, 11) is 0. The summed E-state index contributed by atoms with van der Waals surface area (Å²) in [5, 5.41) is 3.42. The molecule has 0 fully saturated rings. The number of aromatic nitrogens is 1. The second-order valence-electron chi connectivity index (χ2n) is 3.54. The van der Waals surface area contributed by atoms with Crippen molar-refractivity contribution in [3.05, 3.63) is 30.1 Å². The fourth-order valence-corrected chi connectivity index (χ4v) is 1.36. The summed E-state index contributed by atoms with van der Waals surface area (Å²) in [5.74, 6) is 0. The molecule has 1 aromatic rings. The van der Waals surface area contributed by atoms with Crippen molar-refractivity contribution in [1.82, 2.24) is 10.3 Å². The molecule has 0 aliphatic carbocycles. The Hall–Kier alpha value is -0.930. The molecule has 1 unspecified atom stereocenters. The molecule has 1 atom stereocenters. The minimum absolute atomic E-state index is 0.511. The first-order valence-electron chi connectivity index (χ1n) is 5.15. The number of nitrogens with zero attached hydrogens (tertiary/aromatic N) is 1. The molecular weight excluding hydrogens is 174 g/mol. The Morgan fingerprint density at radius 2 is 2.43 bits per heavy atom. The van der Waals surface area contributed by atoms with Crippen molar-refractivity contribution in [2.45, 2.75) is 25.8 Å². The van der Waals surface area contributed by atoms with Crippen molar-refractivity contribution in [3.8, 4) is 0 Å². The van der Waals surface area contributed by atoms with Crippen molar-refractivity contribution < 1.29 is 0 Å². The van der Waals surface area contributed by atoms with Crippen LogP contribution in [-0.2, 0) is 6.42 Å². The first-order chi connectivity index (χ1) is 6.83. The lowest BCUT2D eigenvalue weighted by Crippen LogP contribution is -2.30. The van der Waals surface area contributed by atoms with Gasteiger partial charge in [-0.15, -0.1) is 0 Å². The van der Waals surface area contributed by atoms with E-state index in [1.807, 2.05) is 12.3 Å². The summed E-state index contributed by atoms with van der Waals surface area (Å²) in [6, 6.07) is 4.58. The first-order valence-corrected chi connectivity index (χ1v) is 5.15. The van der Waals surface area contributed by atoms with Crippen LogP contribution in [0.5, 0.6) is 0 Å². The molecule has 0 saturated carbocycles. The highest BCUT2D eigenvalue weighted by Gasteiger charge is 1.98. The highest BCUT2D eigenvalue weighted by atomic mass is 14.9. The maximum Gasteiger partial charge on any atom is 0.0300 e. The monoisotopic (exact) mass is 193 g/mol. The van der Waals surface area contributed by atoms with E-state index in [4.69, 9.17) is 5.73 Å². The van der Waals surface area contributed by atoms with E-state index in [9.17, 15) is 0 Å². The molecule has 0 spiro atoms. The molecule has 0 aliphatic rings. The summed E-state index contributed by atoms with van der Waals surface area (Å²) in [4.78, 5) is 4.07. The minimum atomic E-state index is 0.511. The molecule has 3 N–H and O–H groups in total. The molecule has 0 radical (unpaired) electrons. The smallest absolute Gasteiger partial charge is 0.0300 e. The highest BCUT2D eigenvalue weighted by Crippen LogP contribution is 1.96. The topological polar surface area (TPSA) is 50.9 Å². The van der Waals surface area contributed by atoms with Crippen molar-refractivity contribution in [3.63, 3.8) is 0 Å². The van der Waals surface area contributed by atoms with Crippen LogP contribution >= 0.6 is 0 Å². The van der Waals surface area contributed by atoms with Crippen LogP contribution in [0.2, 0.25) is 0 Å². The Labute approximate surface area is 85.7 Å². The lowest BCUT2D eigenvalue weighted by Gasteiger charge is -2.11. The number of hydrogen-bond acceptors (Lipinski definition) is 3. The molecule has 14 heavy (non-hydrogen) atoms. The fraction of sp³-hybridized carbons (Fsp3) is 0.545. The highest BCUT2D eigenvalue weighted by molar-refractivity contribution is 5.08. The molecule has 3 nitrogen and oxygen atoms in total. The SMILES string of the molecule is CC(CCN)NCCc1cccnc1. The summed E-state index contributed by atoms with van der Waals surface area (Å²) in [6.07, 6.45) is 5.78. The van der Waals surface area contributed by atoms with Crippen LogP contribution in [0.15, 0.2) is 24.5 Å². The molecule has 0 aromatic carbocycles. The van der Waals surface area contributed by atoms with Crippen LogP contribution in [0.1, 0.15) is 18.9 Å². The fourth-order valence-electron chi connectivity index (χ4n) is 1.36. The number of rotatable bonds is 6. The number of hydrogen-bond donors (Lipinski definition) is 2. The molecule has 1 rings (SSSR count). The van der Waals surface area contributed by atoms with Crippen LogP contribution in [-0.4, -0.2) is 24.1 Å². The van der Waals surface area contributed by atoms with Gasteiger partial charge in [0.2, 0.25) is 0 Å². The average Bonchev–Trinajstić information content (AvgIpc) is 2.20. The van der Waals surface area contributed by atoms with E-state index in [0.717, 1.165) is 25.9 Å². The molecule has 3 heteroatoms. The lowest BCUT2D eigenvalue weighted by atomic mass is 10.2. The molecule has 0 saturated heterocycles. The van der Waals surface area contributed by atoms with Gasteiger partial charge in [0.05, 0.1) is 0 Å². The van der Waals surface area contributed by atoms with Crippen LogP contribution < -0.4 is 11.1 Å². The van der Waals surface area contributed by atoms with Gasteiger partial charge in [0.1, 0.15) is 0 Å². The standard InChI is InChI=1S/C11H19N3/c1-10(4-6-12)14-8-5-11-3-2-7-13-9-11/h2-3,7,9-10,14H,4-6,8,12H2,1H3. The van der Waals surface area contributed by atoms with Crippen LogP contribution in [0.4, 0.5) is 0 Å². The zero-order chi connectivity index (χ0) is 10.2. The Bertz CT molecular complexity index is 236. The van der Waals surface area contributed by atoms with Gasteiger partial charge >= 0.3 is 0 Å². The quantitative estimate of drug-likeness (QED) is 0.707. The van der Waals surface area contributed by atoms with Gasteiger partial charge < -0.3 is 11.1 Å². The number of pyridine rings is 1. The Kier molecular flexibility index (Phi) is 5.19. The maximum atomic E-state index is 5.46. The van der Waals surface area contributed by atoms with Gasteiger partial charge in [-0.2, -0.15) is 0 Å². The van der Waals surface area contributed by atoms with Gasteiger partial charge in [-0.1, -0.05) is 6.07 Å². The Morgan fingerprint density at radius 3 is 3.07 bits per heavy atom. The summed E-state index contributed by atoms with van der Waals surface area (Å²) in [5.41, 5.74) is 6.74. The Balaban J connectivity index is 2.16. The number of nitrogens with two attached hydrogens (primary N) is 1. The van der Waals surface area contributed by atoms with E-state index < -0.39 is 0 Å². The van der Waals surface area contributed by atoms with Crippen molar-refractivity contribution >= 4 is 0 Å². The van der Waals surface area contributed by atoms with Gasteiger partial charge in [0.15, 0.2) is 0 Å². The number of nitrogens with one attached hydrogen (secondary N) is 1. The molecule has 0 aliphatic heterocycles. The molecule has 0 bridgehead atoms. The van der Waals surface area contributed by atoms with E-state index >= 15 is 0 Å². The largest absolute Gasteiger partial charge is 0.330 e. The van der Waals surface area contributed by atoms with E-state index in [1.54, 1.807) is 6.20 Å². The second-order valence-corrected chi connectivity index (χ2v) is 3.54. The zero-order valence-corrected chi connectivity index (χ0v) is 8.74. The molecule has 0 amide bonds. The lowest BCUT2D eigenvalue weighted by molar-refractivity contribution is 0.523. The van der Waals surface area contributed by atoms with Crippen molar-refractivity contribution in [2.24, 2.45) is 5.73 Å². The molecule has 1 aromatic heterocycles. The van der Waals surface area contributed by atoms with Gasteiger partial charge in [-0.05, 0) is 44.5 Å². The predicted octanol–water partition coefficient (Wildman–Crippen LogP) is 0.951. The summed E-state index contributed by atoms with van der Waals surface area (Å²) < 4.78 is 0. The minimum Gasteiger partial charge on any atom is -0.330 e. The van der Waals surface area contributed by atoms with Gasteiger partial charge in [0.25, 0.3) is 0 Å². The summed E-state index contributed by atoms with van der Waals surface area (Å²) >= 11 is 0. The van der Waals surface area contributed by atoms with E-state index in [1.165, 1.54) is 5.56 Å². The summed E-state index contributed by atoms with van der Waals surface area (Å²) in [6.45, 7) is 3.91. The maximum absolute atomic E-state index is 5.46. The third-order valence-corrected chi connectivity index (χ3v) is 2.23. The van der Waals surface area contributed by atoms with Gasteiger partial charge in [0, 0.05) is 18.4 Å². The normalized spacial score (nSPS) is 12.7. The molecule has 78 valence electrons. The molecular formula is C11H19N3. The van der Waals surface area contributed by atoms with Crippen LogP contribution in [0.25, 0.3) is 0 Å². The van der Waals surface area contributed by atoms with E-state index in [-0.39, 0.29) is 0 Å². The third-order valence-electron chi connectivity index (χ3n) is 2.23. The van der Waals surface area contributed by atoms with Gasteiger partial charge in [-0.25, -0.2) is 0 Å². The van der Waals surface area contributed by atoms with Crippen LogP contribution in [0, 0.1) is 0 Å². The first kappa shape index (κ1) is 11.1. The predicted molar refractivity (Wildman–Crippen MR) is 59.1 cm³/mol. The zero-order valence-electron chi connectivity index (χ0n) is 8.74. The van der Waals surface area contributed by atoms with Gasteiger partial charge in [-0.3, -0.25) is 4.98 Å². The van der Waals surface area contributed by atoms with Crippen LogP contribution in [0.3, 0.4) is 0 Å². The second kappa shape index (κ2) is 6.51. The van der Waals surface area contributed by atoms with E-state index in [2.05, 4.69) is 23.3 Å². The third kappa shape index (κ3) is 4.35. The Morgan fingerprint density at radius 1 is 1.57 bits per heavy atom. The average molecular weight is 193 g/mol. The van der Waals surface area contributed by atoms with Crippen molar-refractivity contribution in [2.75, 3.05) is 13.1 Å². The molecule has 1 heterocycles. The van der Waals surface area contributed by atoms with Crippen molar-refractivity contribution in [1.29, 1.82) is 0 Å².